The predicted octanol–water partition coefficient (Wildman–Crippen LogP) is -3.02. The molecule has 532 valence electrons. The Balaban J connectivity index is 3.51. The van der Waals surface area contributed by atoms with Gasteiger partial charge in [-0.25, -0.2) is 4.79 Å². The summed E-state index contributed by atoms with van der Waals surface area (Å²) in [6, 6.07) is -1.09. The first-order valence-electron chi connectivity index (χ1n) is 31.3. The van der Waals surface area contributed by atoms with Gasteiger partial charge in [0.1, 0.15) is 30.2 Å². The Morgan fingerprint density at radius 2 is 0.947 bits per heavy atom. The lowest BCUT2D eigenvalue weighted by atomic mass is 10.0. The van der Waals surface area contributed by atoms with Crippen LogP contribution in [0.25, 0.3) is 0 Å². The Hall–Kier alpha value is -7.49. The molecule has 0 heterocycles. The van der Waals surface area contributed by atoms with Crippen molar-refractivity contribution in [3.8, 4) is 0 Å². The van der Waals surface area contributed by atoms with Gasteiger partial charge in [-0.15, -0.1) is 0 Å². The average Bonchev–Trinajstić information content (AvgIpc) is 1.02. The molecule has 0 aliphatic heterocycles. The zero-order valence-corrected chi connectivity index (χ0v) is 54.8. The molecule has 1 rings (SSSR count). The quantitative estimate of drug-likeness (QED) is 0.0134. The molecular weight excluding hydrogens is 1280 g/mol. The van der Waals surface area contributed by atoms with E-state index in [0.717, 1.165) is 19.3 Å². The number of nitrogens with two attached hydrogens (primary N) is 5. The second kappa shape index (κ2) is 47.4. The van der Waals surface area contributed by atoms with Gasteiger partial charge in [0.05, 0.1) is 31.3 Å². The minimum absolute atomic E-state index is 0.0570. The first-order chi connectivity index (χ1) is 44.4. The number of benzene rings is 1. The van der Waals surface area contributed by atoms with Crippen LogP contribution >= 0.6 is 15.2 Å². The number of carbonyl (C=O) groups excluding carboxylic acids is 10. The molecule has 0 aliphatic rings. The number of rotatable bonds is 52. The van der Waals surface area contributed by atoms with Crippen molar-refractivity contribution in [2.75, 3.05) is 58.1 Å². The predicted molar refractivity (Wildman–Crippen MR) is 343 cm³/mol. The monoisotopic (exact) mass is 1380 g/mol. The Labute approximate surface area is 545 Å². The lowest BCUT2D eigenvalue weighted by Crippen LogP contribution is -2.59. The van der Waals surface area contributed by atoms with E-state index in [2.05, 4.69) is 47.5 Å². The van der Waals surface area contributed by atoms with Crippen LogP contribution in [-0.2, 0) is 73.1 Å². The first kappa shape index (κ1) is 84.5. The Kier molecular flexibility index (Phi) is 42.6. The lowest BCUT2D eigenvalue weighted by Gasteiger charge is -2.27. The van der Waals surface area contributed by atoms with Crippen molar-refractivity contribution in [2.24, 2.45) is 33.7 Å². The second-order valence-electron chi connectivity index (χ2n) is 22.4. The van der Waals surface area contributed by atoms with Crippen LogP contribution in [-0.4, -0.2) is 206 Å². The molecule has 0 spiro atoms. The van der Waals surface area contributed by atoms with Gasteiger partial charge in [-0.2, -0.15) is 0 Å². The van der Waals surface area contributed by atoms with E-state index in [1.807, 2.05) is 0 Å². The Morgan fingerprint density at radius 3 is 1.46 bits per heavy atom. The van der Waals surface area contributed by atoms with Crippen LogP contribution in [0.15, 0.2) is 35.3 Å². The minimum atomic E-state index is -4.72. The standard InChI is InChI=1S/C57H99N15O20P2/c58-27-11-2-6-23-45(73)63-29-13-3-7-24-46(74)64-30-14-9-21-41(69-54(83)43(35-38-17-4-1-5-18-38)71-55(84)44(36-50(78)79)67-47(75)37-66-51(80)39(60)19-16-31-65-57(61)62)52(81)68-40(20-8-12-28-59)53(82)70-42(56(85)86)22-10-15-32-72(48(76)25-33-93(87,88)89)49(77)26-34-94(90,91)92/h1,4-5,17-18,39-44H,2-3,6-16,19-37,58-60H2,(H,63,73)(H,64,74)(H,66,80)(H,67,75)(H,68,81)(H,69,83)(H,70,82)(H,71,84)(H,78,79)(H,85,86)(H4,61,62,65)(H2,87,88,89)(H2,90,91,92)/t39-,40-,41-,42-,43+,44-/m0/s1. The van der Waals surface area contributed by atoms with Gasteiger partial charge >= 0.3 is 27.1 Å². The number of guanidine groups is 1. The number of aliphatic carboxylic acids is 2. The van der Waals surface area contributed by atoms with Crippen LogP contribution in [0.4, 0.5) is 0 Å². The maximum atomic E-state index is 14.6. The molecule has 94 heavy (non-hydrogen) atoms. The van der Waals surface area contributed by atoms with Crippen LogP contribution < -0.4 is 71.2 Å². The molecule has 37 heteroatoms. The van der Waals surface area contributed by atoms with Crippen molar-refractivity contribution in [3.05, 3.63) is 35.9 Å². The summed E-state index contributed by atoms with van der Waals surface area (Å²) in [5, 5.41) is 40.3. The zero-order valence-electron chi connectivity index (χ0n) is 53.1. The van der Waals surface area contributed by atoms with Crippen molar-refractivity contribution >= 4 is 92.2 Å². The van der Waals surface area contributed by atoms with Gasteiger partial charge in [-0.05, 0) is 115 Å². The summed E-state index contributed by atoms with van der Waals surface area (Å²) in [4.78, 5) is 200. The highest BCUT2D eigenvalue weighted by Gasteiger charge is 2.34. The van der Waals surface area contributed by atoms with Gasteiger partial charge in [0, 0.05) is 58.3 Å². The van der Waals surface area contributed by atoms with Crippen LogP contribution in [0.3, 0.4) is 0 Å². The molecule has 0 aliphatic carbocycles. The number of carboxylic acids is 2. The second-order valence-corrected chi connectivity index (χ2v) is 25.9. The van der Waals surface area contributed by atoms with E-state index in [-0.39, 0.29) is 108 Å². The maximum absolute atomic E-state index is 14.6. The molecule has 0 radical (unpaired) electrons. The fourth-order valence-electron chi connectivity index (χ4n) is 9.07. The summed E-state index contributed by atoms with van der Waals surface area (Å²) < 4.78 is 22.9. The smallest absolute Gasteiger partial charge is 0.326 e. The third-order valence-electron chi connectivity index (χ3n) is 14.2. The molecule has 0 saturated heterocycles. The van der Waals surface area contributed by atoms with Crippen LogP contribution in [0.2, 0.25) is 0 Å². The van der Waals surface area contributed by atoms with Crippen molar-refractivity contribution in [1.29, 1.82) is 0 Å². The highest BCUT2D eigenvalue weighted by Crippen LogP contribution is 2.36. The molecule has 1 aromatic carbocycles. The fourth-order valence-corrected chi connectivity index (χ4v) is 10.0. The largest absolute Gasteiger partial charge is 0.481 e. The number of carbonyl (C=O) groups is 12. The molecule has 0 bridgehead atoms. The molecular formula is C57H99N15O20P2. The van der Waals surface area contributed by atoms with Crippen LogP contribution in [0.5, 0.6) is 0 Å². The molecule has 24 N–H and O–H groups in total. The van der Waals surface area contributed by atoms with Crippen molar-refractivity contribution in [3.63, 3.8) is 0 Å². The van der Waals surface area contributed by atoms with Gasteiger partial charge < -0.3 is 101 Å². The number of carboxylic acid groups (broad SMARTS) is 2. The molecule has 0 aromatic heterocycles. The van der Waals surface area contributed by atoms with E-state index in [4.69, 9.17) is 28.7 Å². The number of hydrogen-bond acceptors (Lipinski definition) is 18. The summed E-state index contributed by atoms with van der Waals surface area (Å²) in [7, 11) is -9.44. The summed E-state index contributed by atoms with van der Waals surface area (Å²) >= 11 is 0. The summed E-state index contributed by atoms with van der Waals surface area (Å²) in [6.07, 6.45) is 0.533. The number of nitrogens with one attached hydrogen (secondary N) is 8. The lowest BCUT2D eigenvalue weighted by molar-refractivity contribution is -0.145. The molecule has 35 nitrogen and oxygen atoms in total. The van der Waals surface area contributed by atoms with Crippen molar-refractivity contribution in [1.82, 2.24) is 47.4 Å². The van der Waals surface area contributed by atoms with Crippen molar-refractivity contribution in [2.45, 2.75) is 184 Å². The molecule has 0 saturated carbocycles. The van der Waals surface area contributed by atoms with Gasteiger partial charge in [0.15, 0.2) is 5.96 Å². The normalized spacial score (nSPS) is 13.2. The number of nitrogens with zero attached hydrogens (tertiary/aromatic N) is 2. The van der Waals surface area contributed by atoms with Gasteiger partial charge in [-0.1, -0.05) is 43.2 Å². The maximum Gasteiger partial charge on any atom is 0.326 e. The third-order valence-corrected chi connectivity index (χ3v) is 15.8. The number of amides is 10. The van der Waals surface area contributed by atoms with E-state index >= 15 is 0 Å². The van der Waals surface area contributed by atoms with Gasteiger partial charge in [0.25, 0.3) is 0 Å². The minimum Gasteiger partial charge on any atom is -0.481 e. The van der Waals surface area contributed by atoms with E-state index in [1.54, 1.807) is 30.3 Å². The molecule has 6 atom stereocenters. The van der Waals surface area contributed by atoms with Crippen molar-refractivity contribution < 1.29 is 96.5 Å². The Morgan fingerprint density at radius 1 is 0.489 bits per heavy atom. The first-order valence-corrected chi connectivity index (χ1v) is 34.9. The molecule has 10 amide bonds. The zero-order chi connectivity index (χ0) is 70.7. The number of aliphatic imine (C=N–C) groups is 1. The molecule has 0 unspecified atom stereocenters. The highest BCUT2D eigenvalue weighted by atomic mass is 31.2. The third kappa shape index (κ3) is 41.3. The van der Waals surface area contributed by atoms with Gasteiger partial charge in [-0.3, -0.25) is 71.8 Å². The number of imide groups is 1. The molecule has 0 fully saturated rings. The van der Waals surface area contributed by atoms with Crippen LogP contribution in [0.1, 0.15) is 147 Å². The fraction of sp³-hybridized carbons (Fsp3) is 0.667. The summed E-state index contributed by atoms with van der Waals surface area (Å²) in [5.41, 5.74) is 28.2. The number of unbranched alkanes of at least 4 members (excludes halogenated alkanes) is 7. The van der Waals surface area contributed by atoms with E-state index in [1.165, 1.54) is 0 Å². The highest BCUT2D eigenvalue weighted by molar-refractivity contribution is 7.52. The van der Waals surface area contributed by atoms with E-state index in [9.17, 15) is 96.5 Å². The summed E-state index contributed by atoms with van der Waals surface area (Å²) in [5.74, 6) is -11.6. The van der Waals surface area contributed by atoms with Gasteiger partial charge in [0.2, 0.25) is 59.1 Å². The Bertz CT molecular complexity index is 2680. The number of hydrogen-bond donors (Lipinski definition) is 19. The van der Waals surface area contributed by atoms with E-state index in [0.29, 0.717) is 62.1 Å². The average molecular weight is 1380 g/mol. The topological polar surface area (TPSA) is 602 Å². The van der Waals surface area contributed by atoms with Crippen LogP contribution in [0, 0.1) is 0 Å². The summed E-state index contributed by atoms with van der Waals surface area (Å²) in [6.45, 7) is 0.254. The SMILES string of the molecule is NCCCCCC(=O)NCCCCCC(=O)NCCCC[C@H](NC(=O)[C@@H](Cc1ccccc1)NC(=O)[C@H](CC(=O)O)NC(=O)CNC(=O)[C@@H](N)CCCN=C(N)N)C(=O)N[C@@H](CCCCN)C(=O)N[C@@H](CCCCN(C(=O)CCP(=O)(O)O)C(=O)CCP(=O)(O)O)C(=O)O. The van der Waals surface area contributed by atoms with E-state index < -0.39 is 155 Å². The molecule has 1 aromatic rings.